The molecule has 3 nitrogen and oxygen atoms in total. The molecule has 1 aromatic carbocycles. The summed E-state index contributed by atoms with van der Waals surface area (Å²) in [4.78, 5) is 7.11. The minimum absolute atomic E-state index is 0.563. The lowest BCUT2D eigenvalue weighted by molar-refractivity contribution is 0.445. The number of rotatable bonds is 2. The van der Waals surface area contributed by atoms with Gasteiger partial charge in [0.2, 0.25) is 0 Å². The van der Waals surface area contributed by atoms with E-state index >= 15 is 0 Å². The maximum atomic E-state index is 4.71. The normalized spacial score (nSPS) is 19.9. The number of benzene rings is 1. The molecular formula is C15H18BrN3. The lowest BCUT2D eigenvalue weighted by atomic mass is 10.1. The van der Waals surface area contributed by atoms with Gasteiger partial charge in [0.15, 0.2) is 0 Å². The van der Waals surface area contributed by atoms with Gasteiger partial charge in [-0.05, 0) is 33.8 Å². The monoisotopic (exact) mass is 319 g/mol. The van der Waals surface area contributed by atoms with E-state index in [2.05, 4.69) is 63.4 Å². The zero-order chi connectivity index (χ0) is 13.2. The highest BCUT2D eigenvalue weighted by molar-refractivity contribution is 9.10. The number of nitrogens with zero attached hydrogens (tertiary/aromatic N) is 2. The number of piperazine rings is 1. The number of hydrogen-bond donors (Lipinski definition) is 1. The largest absolute Gasteiger partial charge is 0.353 e. The second-order valence-electron chi connectivity index (χ2n) is 5.00. The van der Waals surface area contributed by atoms with Crippen molar-refractivity contribution in [1.82, 2.24) is 10.3 Å². The zero-order valence-electron chi connectivity index (χ0n) is 11.1. The minimum Gasteiger partial charge on any atom is -0.353 e. The summed E-state index contributed by atoms with van der Waals surface area (Å²) in [6, 6.07) is 11.1. The van der Waals surface area contributed by atoms with Gasteiger partial charge in [0.1, 0.15) is 10.4 Å². The first-order chi connectivity index (χ1) is 9.28. The van der Waals surface area contributed by atoms with Crippen LogP contribution in [0.5, 0.6) is 0 Å². The minimum atomic E-state index is 0.563. The summed E-state index contributed by atoms with van der Waals surface area (Å²) < 4.78 is 0.910. The first-order valence-corrected chi connectivity index (χ1v) is 7.61. The summed E-state index contributed by atoms with van der Waals surface area (Å²) in [6.45, 7) is 5.31. The topological polar surface area (TPSA) is 28.2 Å². The van der Waals surface area contributed by atoms with Crippen molar-refractivity contribution in [2.45, 2.75) is 19.4 Å². The van der Waals surface area contributed by atoms with Crippen molar-refractivity contribution < 1.29 is 0 Å². The summed E-state index contributed by atoms with van der Waals surface area (Å²) in [6.07, 6.45) is 1.16. The van der Waals surface area contributed by atoms with Gasteiger partial charge in [0.25, 0.3) is 0 Å². The Bertz CT molecular complexity index is 585. The average Bonchev–Trinajstić information content (AvgIpc) is 2.46. The van der Waals surface area contributed by atoms with Crippen molar-refractivity contribution in [3.05, 3.63) is 34.9 Å². The standard InChI is InChI=1S/C15H18BrN3/c1-2-12-10-19(8-7-17-12)15-13-6-4-3-5-11(13)9-14(16)18-15/h3-6,9,12,17H,2,7-8,10H2,1H3. The number of aromatic nitrogens is 1. The van der Waals surface area contributed by atoms with Crippen LogP contribution in [0.3, 0.4) is 0 Å². The molecule has 1 saturated heterocycles. The Balaban J connectivity index is 2.03. The number of hydrogen-bond acceptors (Lipinski definition) is 3. The molecule has 0 radical (unpaired) electrons. The van der Waals surface area contributed by atoms with E-state index in [1.165, 1.54) is 10.8 Å². The van der Waals surface area contributed by atoms with E-state index in [-0.39, 0.29) is 0 Å². The molecule has 1 unspecified atom stereocenters. The Hall–Kier alpha value is -1.13. The Morgan fingerprint density at radius 2 is 2.26 bits per heavy atom. The van der Waals surface area contributed by atoms with E-state index in [4.69, 9.17) is 4.98 Å². The van der Waals surface area contributed by atoms with Crippen LogP contribution >= 0.6 is 15.9 Å². The van der Waals surface area contributed by atoms with Gasteiger partial charge in [0, 0.05) is 31.1 Å². The van der Waals surface area contributed by atoms with Gasteiger partial charge < -0.3 is 10.2 Å². The van der Waals surface area contributed by atoms with Gasteiger partial charge >= 0.3 is 0 Å². The SMILES string of the molecule is CCC1CN(c2nc(Br)cc3ccccc23)CCN1. The summed E-state index contributed by atoms with van der Waals surface area (Å²) in [5.74, 6) is 1.10. The van der Waals surface area contributed by atoms with Gasteiger partial charge in [0.05, 0.1) is 0 Å². The third-order valence-electron chi connectivity index (χ3n) is 3.74. The van der Waals surface area contributed by atoms with Crippen molar-refractivity contribution in [2.75, 3.05) is 24.5 Å². The van der Waals surface area contributed by atoms with Crippen LogP contribution in [0.2, 0.25) is 0 Å². The molecule has 2 heterocycles. The van der Waals surface area contributed by atoms with Crippen molar-refractivity contribution in [3.63, 3.8) is 0 Å². The lowest BCUT2D eigenvalue weighted by Gasteiger charge is -2.34. The van der Waals surface area contributed by atoms with E-state index in [0.29, 0.717) is 6.04 Å². The van der Waals surface area contributed by atoms with Crippen LogP contribution in [0.25, 0.3) is 10.8 Å². The Kier molecular flexibility index (Phi) is 3.71. The third-order valence-corrected chi connectivity index (χ3v) is 4.14. The zero-order valence-corrected chi connectivity index (χ0v) is 12.7. The van der Waals surface area contributed by atoms with E-state index in [1.807, 2.05) is 0 Å². The molecule has 0 aliphatic carbocycles. The molecule has 4 heteroatoms. The summed E-state index contributed by atoms with van der Waals surface area (Å²) in [7, 11) is 0. The second kappa shape index (κ2) is 5.47. The fourth-order valence-corrected chi connectivity index (χ4v) is 3.10. The summed E-state index contributed by atoms with van der Waals surface area (Å²) >= 11 is 3.53. The maximum Gasteiger partial charge on any atom is 0.137 e. The van der Waals surface area contributed by atoms with Crippen LogP contribution in [-0.4, -0.2) is 30.7 Å². The van der Waals surface area contributed by atoms with Crippen molar-refractivity contribution >= 4 is 32.5 Å². The van der Waals surface area contributed by atoms with Gasteiger partial charge in [-0.15, -0.1) is 0 Å². The fourth-order valence-electron chi connectivity index (χ4n) is 2.68. The maximum absolute atomic E-state index is 4.71. The van der Waals surface area contributed by atoms with E-state index in [9.17, 15) is 0 Å². The van der Waals surface area contributed by atoms with Gasteiger partial charge in [-0.25, -0.2) is 4.98 Å². The molecular weight excluding hydrogens is 302 g/mol. The van der Waals surface area contributed by atoms with Crippen LogP contribution in [0.1, 0.15) is 13.3 Å². The summed E-state index contributed by atoms with van der Waals surface area (Å²) in [5.41, 5.74) is 0. The van der Waals surface area contributed by atoms with E-state index in [1.54, 1.807) is 0 Å². The van der Waals surface area contributed by atoms with Crippen LogP contribution < -0.4 is 10.2 Å². The molecule has 0 saturated carbocycles. The van der Waals surface area contributed by atoms with E-state index in [0.717, 1.165) is 36.5 Å². The first kappa shape index (κ1) is 12.9. The number of nitrogens with one attached hydrogen (secondary N) is 1. The second-order valence-corrected chi connectivity index (χ2v) is 5.81. The number of fused-ring (bicyclic) bond motifs is 1. The van der Waals surface area contributed by atoms with Crippen molar-refractivity contribution in [3.8, 4) is 0 Å². The predicted molar refractivity (Wildman–Crippen MR) is 83.7 cm³/mol. The fraction of sp³-hybridized carbons (Fsp3) is 0.400. The van der Waals surface area contributed by atoms with Gasteiger partial charge in [-0.3, -0.25) is 0 Å². The molecule has 0 amide bonds. The molecule has 3 rings (SSSR count). The number of halogens is 1. The van der Waals surface area contributed by atoms with Crippen LogP contribution in [-0.2, 0) is 0 Å². The molecule has 1 aliphatic rings. The number of pyridine rings is 1. The average molecular weight is 320 g/mol. The van der Waals surface area contributed by atoms with Crippen molar-refractivity contribution in [1.29, 1.82) is 0 Å². The highest BCUT2D eigenvalue weighted by Crippen LogP contribution is 2.28. The molecule has 0 spiro atoms. The molecule has 1 aromatic heterocycles. The third kappa shape index (κ3) is 2.60. The Morgan fingerprint density at radius 1 is 1.42 bits per heavy atom. The Morgan fingerprint density at radius 3 is 3.11 bits per heavy atom. The molecule has 19 heavy (non-hydrogen) atoms. The van der Waals surface area contributed by atoms with Crippen LogP contribution in [0, 0.1) is 0 Å². The summed E-state index contributed by atoms with van der Waals surface area (Å²) in [5, 5.41) is 6.03. The quantitative estimate of drug-likeness (QED) is 0.862. The van der Waals surface area contributed by atoms with E-state index < -0.39 is 0 Å². The molecule has 1 atom stereocenters. The highest BCUT2D eigenvalue weighted by Gasteiger charge is 2.20. The van der Waals surface area contributed by atoms with Crippen LogP contribution in [0.15, 0.2) is 34.9 Å². The molecule has 0 bridgehead atoms. The molecule has 1 N–H and O–H groups in total. The number of anilines is 1. The lowest BCUT2D eigenvalue weighted by Crippen LogP contribution is -2.50. The van der Waals surface area contributed by atoms with Crippen molar-refractivity contribution in [2.24, 2.45) is 0 Å². The first-order valence-electron chi connectivity index (χ1n) is 6.81. The Labute approximate surface area is 122 Å². The van der Waals surface area contributed by atoms with Gasteiger partial charge in [-0.1, -0.05) is 31.2 Å². The molecule has 1 fully saturated rings. The molecule has 2 aromatic rings. The smallest absolute Gasteiger partial charge is 0.137 e. The predicted octanol–water partition coefficient (Wildman–Crippen LogP) is 3.19. The molecule has 1 aliphatic heterocycles. The van der Waals surface area contributed by atoms with Gasteiger partial charge in [-0.2, -0.15) is 0 Å². The van der Waals surface area contributed by atoms with Crippen LogP contribution in [0.4, 0.5) is 5.82 Å². The highest BCUT2D eigenvalue weighted by atomic mass is 79.9. The molecule has 100 valence electrons.